The van der Waals surface area contributed by atoms with Crippen LogP contribution in [0.15, 0.2) is 66.7 Å². The van der Waals surface area contributed by atoms with Gasteiger partial charge >= 0.3 is 5.97 Å². The van der Waals surface area contributed by atoms with Crippen molar-refractivity contribution in [2.75, 3.05) is 18.6 Å². The van der Waals surface area contributed by atoms with Gasteiger partial charge in [0.25, 0.3) is 0 Å². The first kappa shape index (κ1) is 55.2. The summed E-state index contributed by atoms with van der Waals surface area (Å²) < 4.78 is 22.3. The van der Waals surface area contributed by atoms with Gasteiger partial charge in [0, 0.05) is 45.6 Å². The van der Waals surface area contributed by atoms with Crippen LogP contribution in [0.2, 0.25) is 0 Å². The van der Waals surface area contributed by atoms with E-state index in [4.69, 9.17) is 14.2 Å². The van der Waals surface area contributed by atoms with Gasteiger partial charge in [0.05, 0.1) is 35.4 Å². The fraction of sp³-hybridized carbons (Fsp3) is 0.685. The zero-order valence-corrected chi connectivity index (χ0v) is 52.1. The lowest BCUT2D eigenvalue weighted by Crippen LogP contribution is -2.82. The van der Waals surface area contributed by atoms with Gasteiger partial charge in [-0.3, -0.25) is 0 Å². The standard InChI is InChI=1S/C73H88N2O10S2/c1-74-55-36-87-86-35-50-45-13-10-42-29-43-16-21-69(71(43,57(42)45)51-14-12-44(77)31-47(50)51)60(78)49(55)32-48-52-33-70(67(19-6-7-20-67)26-27-68(70)25-24-66(38-68)23-22-65(37-66)17-4-5-18-65)64(80)73(82)72(52,81)62(84-61(48)69)59(85-73)63(79)83-58-54(34-76)75-53-15-11-41-28-39-8-2-3-9-40(39)30-46(41)56(53)58/h2-3,8-9,11-12,14-15,28,30-31,42-43,45,48-50,52,55,57,59-62,64,74-78,80-82H,4-7,10,13,16-27,29,32-38H2,1H3/t42-,43-,45+,48-,49+,50+,52+,55+,57+,59-,60+,61+,62+,64+,66-,68+,69-,70+,71+,72-,73+/m1/s1. The molecule has 1 aromatic heterocycles. The zero-order valence-electron chi connectivity index (χ0n) is 50.5. The van der Waals surface area contributed by atoms with E-state index >= 15 is 4.79 Å². The van der Waals surface area contributed by atoms with E-state index in [1.54, 1.807) is 0 Å². The van der Waals surface area contributed by atoms with Crippen LogP contribution >= 0.6 is 21.6 Å². The monoisotopic (exact) mass is 1220 g/mol. The minimum Gasteiger partial charge on any atom is -0.508 e. The number of nitrogens with one attached hydrogen (secondary N) is 2. The van der Waals surface area contributed by atoms with Gasteiger partial charge in [0.1, 0.15) is 18.0 Å². The van der Waals surface area contributed by atoms with Crippen LogP contribution in [-0.2, 0) is 26.3 Å². The molecule has 4 aliphatic heterocycles. The van der Waals surface area contributed by atoms with Gasteiger partial charge in [-0.25, -0.2) is 4.79 Å². The predicted molar refractivity (Wildman–Crippen MR) is 336 cm³/mol. The summed E-state index contributed by atoms with van der Waals surface area (Å²) in [5.41, 5.74) is -1.24. The number of hydrogen-bond donors (Lipinski definition) is 8. The Morgan fingerprint density at radius 1 is 0.759 bits per heavy atom. The molecule has 3 saturated heterocycles. The number of aliphatic hydroxyl groups excluding tert-OH is 3. The van der Waals surface area contributed by atoms with Crippen molar-refractivity contribution in [2.45, 2.75) is 214 Å². The molecule has 11 aliphatic carbocycles. The minimum atomic E-state index is -2.64. The van der Waals surface area contributed by atoms with Gasteiger partial charge < -0.3 is 55.2 Å². The molecule has 8 N–H and O–H groups in total. The molecule has 21 atom stereocenters. The van der Waals surface area contributed by atoms with Gasteiger partial charge in [-0.05, 0) is 249 Å². The number of esters is 1. The molecule has 0 unspecified atom stereocenters. The van der Waals surface area contributed by atoms with E-state index in [2.05, 4.69) is 53.7 Å². The second-order valence-corrected chi connectivity index (χ2v) is 34.8. The van der Waals surface area contributed by atoms with Crippen LogP contribution in [0.1, 0.15) is 170 Å². The Hall–Kier alpha value is -3.41. The Balaban J connectivity index is 0.832. The highest BCUT2D eigenvalue weighted by Gasteiger charge is 2.90. The maximum Gasteiger partial charge on any atom is 0.343 e. The first-order chi connectivity index (χ1) is 42.2. The largest absolute Gasteiger partial charge is 0.508 e. The molecule has 20 rings (SSSR count). The number of aromatic amines is 1. The first-order valence-corrected chi connectivity index (χ1v) is 36.8. The lowest BCUT2D eigenvalue weighted by Gasteiger charge is -2.72. The van der Waals surface area contributed by atoms with Crippen LogP contribution in [0.5, 0.6) is 11.5 Å². The summed E-state index contributed by atoms with van der Waals surface area (Å²) in [6.07, 6.45) is 17.7. The molecule has 0 amide bonds. The number of fused-ring (bicyclic) bond motifs is 12. The quantitative estimate of drug-likeness (QED) is 0.0482. The summed E-state index contributed by atoms with van der Waals surface area (Å²) in [6.45, 7) is -0.454. The molecule has 87 heavy (non-hydrogen) atoms. The second kappa shape index (κ2) is 18.5. The molecule has 14 heteroatoms. The van der Waals surface area contributed by atoms with Gasteiger partial charge in [-0.15, -0.1) is 0 Å². The van der Waals surface area contributed by atoms with Gasteiger partial charge in [0.2, 0.25) is 5.79 Å². The summed E-state index contributed by atoms with van der Waals surface area (Å²) in [6, 6.07) is 22.5. The van der Waals surface area contributed by atoms with Crippen molar-refractivity contribution in [3.05, 3.63) is 83.6 Å². The number of phenols is 1. The normalized spacial score (nSPS) is 47.2. The average molecular weight is 1220 g/mol. The molecule has 5 heterocycles. The molecule has 0 radical (unpaired) electrons. The summed E-state index contributed by atoms with van der Waals surface area (Å²) in [5, 5.41) is 89.9. The molecule has 7 spiro atoms. The molecular weight excluding hydrogens is 1130 g/mol. The number of aliphatic hydroxyl groups is 5. The first-order valence-electron chi connectivity index (χ1n) is 34.3. The third-order valence-electron chi connectivity index (χ3n) is 30.1. The molecule has 5 aromatic rings. The van der Waals surface area contributed by atoms with Crippen molar-refractivity contribution in [2.24, 2.45) is 73.9 Å². The van der Waals surface area contributed by atoms with Crippen molar-refractivity contribution in [3.8, 4) is 11.5 Å². The van der Waals surface area contributed by atoms with E-state index in [1.165, 1.54) is 56.1 Å². The Bertz CT molecular complexity index is 3710. The lowest BCUT2D eigenvalue weighted by atomic mass is 9.37. The van der Waals surface area contributed by atoms with Crippen LogP contribution < -0.4 is 10.1 Å². The van der Waals surface area contributed by atoms with Crippen LogP contribution in [0, 0.1) is 73.9 Å². The molecular formula is C73H88N2O10S2. The van der Waals surface area contributed by atoms with E-state index in [0.717, 1.165) is 117 Å². The van der Waals surface area contributed by atoms with Crippen molar-refractivity contribution < 1.29 is 49.6 Å². The van der Waals surface area contributed by atoms with Crippen molar-refractivity contribution in [1.82, 2.24) is 10.3 Å². The highest BCUT2D eigenvalue weighted by atomic mass is 33.1. The fourth-order valence-corrected chi connectivity index (χ4v) is 30.3. The molecule has 15 aliphatic rings. The number of carbonyl (C=O) groups excluding carboxylic acids is 1. The highest BCUT2D eigenvalue weighted by Crippen LogP contribution is 2.86. The average Bonchev–Trinajstić information content (AvgIpc) is 1.53. The number of aromatic nitrogens is 1. The van der Waals surface area contributed by atoms with E-state index in [1.807, 2.05) is 51.9 Å². The summed E-state index contributed by atoms with van der Waals surface area (Å²) in [5.74, 6) is -1.15. The lowest BCUT2D eigenvalue weighted by molar-refractivity contribution is -0.409. The third kappa shape index (κ3) is 6.53. The molecule has 4 aromatic carbocycles. The summed E-state index contributed by atoms with van der Waals surface area (Å²) in [7, 11) is 5.90. The number of aromatic hydroxyl groups is 1. The van der Waals surface area contributed by atoms with E-state index in [-0.39, 0.29) is 57.5 Å². The molecule has 462 valence electrons. The Morgan fingerprint density at radius 2 is 1.52 bits per heavy atom. The molecule has 12 nitrogen and oxygen atoms in total. The van der Waals surface area contributed by atoms with Crippen molar-refractivity contribution in [3.63, 3.8) is 0 Å². The van der Waals surface area contributed by atoms with Gasteiger partial charge in [0.15, 0.2) is 17.5 Å². The van der Waals surface area contributed by atoms with Crippen molar-refractivity contribution >= 4 is 60.0 Å². The van der Waals surface area contributed by atoms with Crippen molar-refractivity contribution in [1.29, 1.82) is 0 Å². The fourth-order valence-electron chi connectivity index (χ4n) is 27.5. The molecule has 4 bridgehead atoms. The van der Waals surface area contributed by atoms with E-state index in [0.29, 0.717) is 53.1 Å². The van der Waals surface area contributed by atoms with Crippen LogP contribution in [0.3, 0.4) is 0 Å². The second-order valence-electron chi connectivity index (χ2n) is 32.2. The van der Waals surface area contributed by atoms with Crippen LogP contribution in [0.4, 0.5) is 0 Å². The maximum absolute atomic E-state index is 16.3. The topological polar surface area (TPSA) is 194 Å². The number of H-pyrrole nitrogens is 1. The number of hydrogen-bond acceptors (Lipinski definition) is 13. The third-order valence-corrected chi connectivity index (χ3v) is 32.6. The Kier molecular flexibility index (Phi) is 11.7. The highest BCUT2D eigenvalue weighted by molar-refractivity contribution is 8.76. The van der Waals surface area contributed by atoms with Gasteiger partial charge in [-0.1, -0.05) is 83.7 Å². The van der Waals surface area contributed by atoms with Crippen LogP contribution in [-0.4, -0.2) is 108 Å². The number of carbonyl (C=O) groups is 1. The zero-order chi connectivity index (χ0) is 58.6. The number of benzene rings is 4. The molecule has 13 fully saturated rings. The maximum atomic E-state index is 16.3. The summed E-state index contributed by atoms with van der Waals surface area (Å²) in [4.78, 5) is 19.7. The van der Waals surface area contributed by atoms with E-state index in [9.17, 15) is 30.6 Å². The Morgan fingerprint density at radius 3 is 2.33 bits per heavy atom. The molecule has 10 saturated carbocycles. The summed E-state index contributed by atoms with van der Waals surface area (Å²) >= 11 is 0. The van der Waals surface area contributed by atoms with Crippen LogP contribution in [0.25, 0.3) is 32.4 Å². The predicted octanol–water partition coefficient (Wildman–Crippen LogP) is 12.2. The smallest absolute Gasteiger partial charge is 0.343 e. The van der Waals surface area contributed by atoms with E-state index < -0.39 is 82.6 Å². The number of ether oxygens (including phenoxy) is 3. The SMILES string of the molecule is CN[C@H]1CSSC[C@@H]2c3cc(O)ccc3[C@]34[C@H](CC[C@]35[C@@H](O)[C@H]1C[C@@H]1[C@@H]3C[C@]6([C@H](O)[C@]7(O)O[C@@H](C(=O)Oc8c(CO)[nH]c9ccc%10cc%11ccccc%11cc%10c89)[C@H](O[C@@H]15)[C@]37O)C1(CCCC1)CC[C@]61CC[C@@]3(CCC5(CCCC5)C3)C1)C[C@H]1CC[C@@H]2[C@H]14. The number of rotatable bonds is 4. The number of phenolic OH excluding ortho intramolecular Hbond substituents is 1. The Labute approximate surface area is 518 Å². The van der Waals surface area contributed by atoms with Gasteiger partial charge in [-0.2, -0.15) is 0 Å². The minimum absolute atomic E-state index is 0.0820.